The summed E-state index contributed by atoms with van der Waals surface area (Å²) in [6, 6.07) is 20.5. The largest absolute Gasteiger partial charge is 0.461 e. The predicted molar refractivity (Wildman–Crippen MR) is 107 cm³/mol. The van der Waals surface area contributed by atoms with Gasteiger partial charge >= 0.3 is 0 Å². The highest BCUT2D eigenvalue weighted by molar-refractivity contribution is 6.30. The van der Waals surface area contributed by atoms with E-state index in [9.17, 15) is 4.79 Å². The Morgan fingerprint density at radius 3 is 2.50 bits per heavy atom. The molecule has 0 radical (unpaired) electrons. The van der Waals surface area contributed by atoms with Gasteiger partial charge < -0.3 is 9.73 Å². The molecular weight excluding hydrogens is 376 g/mol. The summed E-state index contributed by atoms with van der Waals surface area (Å²) in [6.45, 7) is 0.478. The molecule has 2 aromatic heterocycles. The lowest BCUT2D eigenvalue weighted by atomic mass is 10.1. The number of carbonyl (C=O) groups excluding carboxylic acids is 1. The van der Waals surface area contributed by atoms with Crippen LogP contribution >= 0.6 is 11.6 Å². The number of anilines is 1. The van der Waals surface area contributed by atoms with Crippen molar-refractivity contribution in [3.05, 3.63) is 89.1 Å². The summed E-state index contributed by atoms with van der Waals surface area (Å²) < 4.78 is 6.66. The third kappa shape index (κ3) is 4.13. The van der Waals surface area contributed by atoms with E-state index < -0.39 is 0 Å². The summed E-state index contributed by atoms with van der Waals surface area (Å²) in [4.78, 5) is 17.3. The smallest absolute Gasteiger partial charge is 0.254 e. The molecule has 0 saturated carbocycles. The zero-order valence-electron chi connectivity index (χ0n) is 14.9. The van der Waals surface area contributed by atoms with Crippen molar-refractivity contribution < 1.29 is 9.21 Å². The van der Waals surface area contributed by atoms with Crippen LogP contribution in [0.25, 0.3) is 11.6 Å². The number of benzene rings is 2. The Morgan fingerprint density at radius 1 is 1.00 bits per heavy atom. The number of hydrogen-bond acceptors (Lipinski definition) is 5. The predicted octanol–water partition coefficient (Wildman–Crippen LogP) is 4.69. The van der Waals surface area contributed by atoms with Crippen molar-refractivity contribution in [1.82, 2.24) is 14.8 Å². The first kappa shape index (κ1) is 18.0. The van der Waals surface area contributed by atoms with Crippen molar-refractivity contribution in [3.8, 4) is 11.6 Å². The molecule has 4 aromatic rings. The monoisotopic (exact) mass is 392 g/mol. The average Bonchev–Trinajstić information content (AvgIpc) is 3.38. The molecule has 0 fully saturated rings. The zero-order chi connectivity index (χ0) is 19.3. The number of nitrogens with one attached hydrogen (secondary N) is 1. The van der Waals surface area contributed by atoms with E-state index in [0.717, 1.165) is 11.1 Å². The number of rotatable bonds is 6. The van der Waals surface area contributed by atoms with Crippen molar-refractivity contribution in [1.29, 1.82) is 0 Å². The summed E-state index contributed by atoms with van der Waals surface area (Å²) in [7, 11) is 0. The maximum Gasteiger partial charge on any atom is 0.254 e. The molecule has 2 aromatic carbocycles. The third-order valence-corrected chi connectivity index (χ3v) is 4.40. The molecule has 0 aliphatic carbocycles. The van der Waals surface area contributed by atoms with E-state index in [2.05, 4.69) is 15.4 Å². The van der Waals surface area contributed by atoms with Gasteiger partial charge in [-0.2, -0.15) is 9.67 Å². The Bertz CT molecular complexity index is 1060. The van der Waals surface area contributed by atoms with E-state index in [1.54, 1.807) is 18.4 Å². The summed E-state index contributed by atoms with van der Waals surface area (Å²) in [5.41, 5.74) is 1.92. The molecule has 4 rings (SSSR count). The standard InChI is InChI=1S/C21H17ClN4O2/c22-17-10-8-16(9-11-17)14-23-21-24-20(18-7-4-12-28-18)25-26(21)19(27)13-15-5-2-1-3-6-15/h1-12H,13-14H2,(H,23,24,25). The van der Waals surface area contributed by atoms with Crippen LogP contribution in [0.5, 0.6) is 0 Å². The normalized spacial score (nSPS) is 10.8. The fraction of sp³-hybridized carbons (Fsp3) is 0.0952. The molecule has 7 heteroatoms. The maximum absolute atomic E-state index is 12.8. The van der Waals surface area contributed by atoms with Crippen LogP contribution in [0.1, 0.15) is 15.9 Å². The van der Waals surface area contributed by atoms with Crippen LogP contribution in [0, 0.1) is 0 Å². The summed E-state index contributed by atoms with van der Waals surface area (Å²) >= 11 is 5.93. The fourth-order valence-corrected chi connectivity index (χ4v) is 2.87. The van der Waals surface area contributed by atoms with Gasteiger partial charge in [-0.15, -0.1) is 5.10 Å². The zero-order valence-corrected chi connectivity index (χ0v) is 15.6. The van der Waals surface area contributed by atoms with Crippen LogP contribution in [0.2, 0.25) is 5.02 Å². The molecule has 0 aliphatic heterocycles. The van der Waals surface area contributed by atoms with Gasteiger partial charge in [-0.1, -0.05) is 54.1 Å². The molecule has 0 saturated heterocycles. The average molecular weight is 393 g/mol. The van der Waals surface area contributed by atoms with Crippen molar-refractivity contribution in [2.24, 2.45) is 0 Å². The molecule has 6 nitrogen and oxygen atoms in total. The number of carbonyl (C=O) groups is 1. The van der Waals surface area contributed by atoms with Gasteiger partial charge in [0.15, 0.2) is 5.76 Å². The highest BCUT2D eigenvalue weighted by Crippen LogP contribution is 2.19. The Balaban J connectivity index is 1.59. The fourth-order valence-electron chi connectivity index (χ4n) is 2.74. The number of nitrogens with zero attached hydrogens (tertiary/aromatic N) is 3. The Hall–Kier alpha value is -3.38. The van der Waals surface area contributed by atoms with Gasteiger partial charge in [-0.3, -0.25) is 4.79 Å². The first-order valence-electron chi connectivity index (χ1n) is 8.75. The minimum atomic E-state index is -0.185. The van der Waals surface area contributed by atoms with Gasteiger partial charge in [-0.05, 0) is 35.4 Å². The van der Waals surface area contributed by atoms with Crippen LogP contribution < -0.4 is 5.32 Å². The van der Waals surface area contributed by atoms with Gasteiger partial charge in [0.05, 0.1) is 12.7 Å². The minimum Gasteiger partial charge on any atom is -0.461 e. The lowest BCUT2D eigenvalue weighted by Gasteiger charge is -2.07. The first-order valence-corrected chi connectivity index (χ1v) is 9.13. The Morgan fingerprint density at radius 2 is 1.79 bits per heavy atom. The minimum absolute atomic E-state index is 0.185. The van der Waals surface area contributed by atoms with Crippen molar-refractivity contribution in [2.45, 2.75) is 13.0 Å². The molecular formula is C21H17ClN4O2. The quantitative estimate of drug-likeness (QED) is 0.515. The van der Waals surface area contributed by atoms with E-state index in [1.165, 1.54) is 4.68 Å². The van der Waals surface area contributed by atoms with E-state index in [1.807, 2.05) is 54.6 Å². The molecule has 0 atom stereocenters. The van der Waals surface area contributed by atoms with Crippen molar-refractivity contribution in [3.63, 3.8) is 0 Å². The van der Waals surface area contributed by atoms with E-state index >= 15 is 0 Å². The molecule has 1 N–H and O–H groups in total. The third-order valence-electron chi connectivity index (χ3n) is 4.15. The van der Waals surface area contributed by atoms with Crippen LogP contribution in [-0.4, -0.2) is 20.7 Å². The van der Waals surface area contributed by atoms with Crippen molar-refractivity contribution in [2.75, 3.05) is 5.32 Å². The molecule has 0 aliphatic rings. The maximum atomic E-state index is 12.8. The van der Waals surface area contributed by atoms with Gasteiger partial charge in [0.25, 0.3) is 5.91 Å². The van der Waals surface area contributed by atoms with Crippen LogP contribution in [-0.2, 0) is 13.0 Å². The topological polar surface area (TPSA) is 73.0 Å². The molecule has 0 bridgehead atoms. The highest BCUT2D eigenvalue weighted by Gasteiger charge is 2.18. The van der Waals surface area contributed by atoms with Crippen LogP contribution in [0.4, 0.5) is 5.95 Å². The summed E-state index contributed by atoms with van der Waals surface area (Å²) in [5.74, 6) is 1.03. The second-order valence-corrected chi connectivity index (χ2v) is 6.62. The highest BCUT2D eigenvalue weighted by atomic mass is 35.5. The van der Waals surface area contributed by atoms with Gasteiger partial charge in [0, 0.05) is 11.6 Å². The summed E-state index contributed by atoms with van der Waals surface area (Å²) in [6.07, 6.45) is 1.76. The molecule has 0 spiro atoms. The number of furan rings is 1. The number of aromatic nitrogens is 3. The second-order valence-electron chi connectivity index (χ2n) is 6.18. The molecule has 2 heterocycles. The van der Waals surface area contributed by atoms with E-state index in [4.69, 9.17) is 16.0 Å². The van der Waals surface area contributed by atoms with Crippen molar-refractivity contribution >= 4 is 23.5 Å². The number of halogens is 1. The number of hydrogen-bond donors (Lipinski definition) is 1. The molecule has 28 heavy (non-hydrogen) atoms. The Labute approximate surface area is 166 Å². The first-order chi connectivity index (χ1) is 13.7. The van der Waals surface area contributed by atoms with Crippen LogP contribution in [0.3, 0.4) is 0 Å². The Kier molecular flexibility index (Phi) is 5.21. The molecule has 140 valence electrons. The lowest BCUT2D eigenvalue weighted by molar-refractivity contribution is 0.0901. The van der Waals surface area contributed by atoms with Gasteiger partial charge in [-0.25, -0.2) is 0 Å². The summed E-state index contributed by atoms with van der Waals surface area (Å²) in [5, 5.41) is 8.21. The van der Waals surface area contributed by atoms with Gasteiger partial charge in [0.1, 0.15) is 0 Å². The molecule has 0 amide bonds. The SMILES string of the molecule is O=C(Cc1ccccc1)n1nc(-c2ccco2)nc1NCc1ccc(Cl)cc1. The van der Waals surface area contributed by atoms with E-state index in [0.29, 0.717) is 29.1 Å². The molecule has 0 unspecified atom stereocenters. The van der Waals surface area contributed by atoms with E-state index in [-0.39, 0.29) is 12.3 Å². The second kappa shape index (κ2) is 8.10. The van der Waals surface area contributed by atoms with Crippen LogP contribution in [0.15, 0.2) is 77.4 Å². The lowest BCUT2D eigenvalue weighted by Crippen LogP contribution is -2.18. The van der Waals surface area contributed by atoms with Gasteiger partial charge in [0.2, 0.25) is 11.8 Å².